The van der Waals surface area contributed by atoms with E-state index in [1.165, 1.54) is 0 Å². The number of hydrogen-bond donors (Lipinski definition) is 2. The summed E-state index contributed by atoms with van der Waals surface area (Å²) in [6.45, 7) is 3.76. The fourth-order valence-electron chi connectivity index (χ4n) is 2.64. The third-order valence-corrected chi connectivity index (χ3v) is 3.35. The number of fused-ring (bicyclic) bond motifs is 1. The Kier molecular flexibility index (Phi) is 3.43. The first-order valence-corrected chi connectivity index (χ1v) is 6.38. The molecule has 1 aliphatic carbocycles. The predicted molar refractivity (Wildman–Crippen MR) is 68.2 cm³/mol. The van der Waals surface area contributed by atoms with E-state index < -0.39 is 5.60 Å². The van der Waals surface area contributed by atoms with Crippen LogP contribution in [0.5, 0.6) is 0 Å². The lowest BCUT2D eigenvalue weighted by molar-refractivity contribution is -0.134. The number of nitrogens with zero attached hydrogens (tertiary/aromatic N) is 2. The summed E-state index contributed by atoms with van der Waals surface area (Å²) in [4.78, 5) is 14.0. The van der Waals surface area contributed by atoms with Crippen molar-refractivity contribution in [2.75, 3.05) is 13.6 Å². The van der Waals surface area contributed by atoms with Gasteiger partial charge >= 0.3 is 0 Å². The monoisotopic (exact) mass is 251 g/mol. The molecule has 0 aliphatic heterocycles. The molecule has 0 spiro atoms. The first kappa shape index (κ1) is 13.1. The van der Waals surface area contributed by atoms with E-state index in [1.807, 2.05) is 0 Å². The number of nitrogens with one attached hydrogen (secondary N) is 1. The maximum Gasteiger partial charge on any atom is 0.230 e. The van der Waals surface area contributed by atoms with Crippen LogP contribution < -0.4 is 0 Å². The second-order valence-corrected chi connectivity index (χ2v) is 5.76. The Labute approximate surface area is 107 Å². The molecule has 1 aliphatic rings. The first-order chi connectivity index (χ1) is 8.38. The minimum Gasteiger partial charge on any atom is -0.389 e. The van der Waals surface area contributed by atoms with Gasteiger partial charge in [-0.05, 0) is 33.1 Å². The number of amides is 1. The third-order valence-electron chi connectivity index (χ3n) is 3.35. The summed E-state index contributed by atoms with van der Waals surface area (Å²) in [5.74, 6) is -0.0423. The minimum absolute atomic E-state index is 0.0690. The Bertz CT molecular complexity index is 434. The van der Waals surface area contributed by atoms with Gasteiger partial charge in [0.2, 0.25) is 5.91 Å². The number of aromatic nitrogens is 2. The molecule has 1 atom stereocenters. The minimum atomic E-state index is -0.863. The Morgan fingerprint density at radius 1 is 1.67 bits per heavy atom. The van der Waals surface area contributed by atoms with Crippen molar-refractivity contribution in [2.45, 2.75) is 44.6 Å². The molecule has 18 heavy (non-hydrogen) atoms. The molecule has 1 aromatic heterocycles. The molecular weight excluding hydrogens is 230 g/mol. The highest BCUT2D eigenvalue weighted by atomic mass is 16.3. The zero-order valence-corrected chi connectivity index (χ0v) is 11.2. The summed E-state index contributed by atoms with van der Waals surface area (Å²) in [5.41, 5.74) is 1.24. The van der Waals surface area contributed by atoms with Gasteiger partial charge in [0.15, 0.2) is 0 Å². The van der Waals surface area contributed by atoms with Crippen molar-refractivity contribution in [2.24, 2.45) is 0 Å². The van der Waals surface area contributed by atoms with E-state index in [2.05, 4.69) is 10.2 Å². The topological polar surface area (TPSA) is 69.2 Å². The summed E-state index contributed by atoms with van der Waals surface area (Å²) >= 11 is 0. The second-order valence-electron chi connectivity index (χ2n) is 5.76. The molecule has 1 aromatic rings. The number of H-pyrrole nitrogens is 1. The van der Waals surface area contributed by atoms with Crippen molar-refractivity contribution >= 4 is 5.91 Å². The molecule has 1 unspecified atom stereocenters. The molecule has 0 saturated carbocycles. The molecule has 100 valence electrons. The quantitative estimate of drug-likeness (QED) is 0.844. The van der Waals surface area contributed by atoms with Crippen LogP contribution in [0.15, 0.2) is 6.20 Å². The molecule has 5 heteroatoms. The van der Waals surface area contributed by atoms with Crippen LogP contribution in [0.25, 0.3) is 0 Å². The zero-order chi connectivity index (χ0) is 13.3. The normalized spacial score (nSPS) is 19.4. The number of rotatable bonds is 3. The molecule has 1 heterocycles. The van der Waals surface area contributed by atoms with E-state index in [0.29, 0.717) is 6.54 Å². The van der Waals surface area contributed by atoms with Crippen LogP contribution in [-0.2, 0) is 11.2 Å². The number of carbonyl (C=O) groups is 1. The van der Waals surface area contributed by atoms with E-state index in [0.717, 1.165) is 30.5 Å². The van der Waals surface area contributed by atoms with Crippen molar-refractivity contribution in [1.29, 1.82) is 0 Å². The van der Waals surface area contributed by atoms with Gasteiger partial charge < -0.3 is 10.0 Å². The number of aryl methyl sites for hydroxylation is 1. The highest BCUT2D eigenvalue weighted by Crippen LogP contribution is 2.31. The Hall–Kier alpha value is -1.36. The lowest BCUT2D eigenvalue weighted by Crippen LogP contribution is -2.42. The van der Waals surface area contributed by atoms with Gasteiger partial charge in [-0.25, -0.2) is 0 Å². The lowest BCUT2D eigenvalue weighted by atomic mass is 9.86. The Morgan fingerprint density at radius 3 is 3.06 bits per heavy atom. The van der Waals surface area contributed by atoms with Crippen LogP contribution in [0.4, 0.5) is 0 Å². The van der Waals surface area contributed by atoms with Crippen molar-refractivity contribution in [3.63, 3.8) is 0 Å². The molecule has 2 rings (SSSR count). The van der Waals surface area contributed by atoms with Crippen LogP contribution in [0.3, 0.4) is 0 Å². The summed E-state index contributed by atoms with van der Waals surface area (Å²) in [7, 11) is 1.74. The number of aliphatic hydroxyl groups is 1. The summed E-state index contributed by atoms with van der Waals surface area (Å²) in [5, 5.41) is 16.8. The van der Waals surface area contributed by atoms with Crippen molar-refractivity contribution in [3.8, 4) is 0 Å². The Balaban J connectivity index is 2.12. The average molecular weight is 251 g/mol. The molecule has 0 saturated heterocycles. The smallest absolute Gasteiger partial charge is 0.230 e. The maximum atomic E-state index is 12.4. The predicted octanol–water partition coefficient (Wildman–Crippen LogP) is 1.06. The van der Waals surface area contributed by atoms with Gasteiger partial charge in [-0.3, -0.25) is 9.89 Å². The standard InChI is InChI=1S/C13H21N3O2/c1-13(2,18)8-16(3)12(17)9-5-4-6-11-10(9)7-14-15-11/h7,9,18H,4-6,8H2,1-3H3,(H,14,15). The molecule has 0 fully saturated rings. The molecule has 0 aromatic carbocycles. The molecule has 0 bridgehead atoms. The number of aromatic amines is 1. The van der Waals surface area contributed by atoms with Gasteiger partial charge in [0.25, 0.3) is 0 Å². The molecule has 2 N–H and O–H groups in total. The van der Waals surface area contributed by atoms with Gasteiger partial charge in [-0.2, -0.15) is 5.10 Å². The fraction of sp³-hybridized carbons (Fsp3) is 0.692. The SMILES string of the molecule is CN(CC(C)(C)O)C(=O)C1CCCc2[nH]ncc21. The highest BCUT2D eigenvalue weighted by Gasteiger charge is 2.31. The van der Waals surface area contributed by atoms with Gasteiger partial charge in [-0.15, -0.1) is 0 Å². The van der Waals surface area contributed by atoms with Gasteiger partial charge in [-0.1, -0.05) is 0 Å². The molecular formula is C13H21N3O2. The third kappa shape index (κ3) is 2.72. The van der Waals surface area contributed by atoms with Crippen molar-refractivity contribution < 1.29 is 9.90 Å². The molecule has 5 nitrogen and oxygen atoms in total. The van der Waals surface area contributed by atoms with Crippen LogP contribution in [0, 0.1) is 0 Å². The zero-order valence-electron chi connectivity index (χ0n) is 11.2. The van der Waals surface area contributed by atoms with Crippen molar-refractivity contribution in [3.05, 3.63) is 17.5 Å². The number of likely N-dealkylation sites (N-methyl/N-ethyl adjacent to an activating group) is 1. The highest BCUT2D eigenvalue weighted by molar-refractivity contribution is 5.84. The van der Waals surface area contributed by atoms with E-state index in [4.69, 9.17) is 0 Å². The van der Waals surface area contributed by atoms with Crippen molar-refractivity contribution in [1.82, 2.24) is 15.1 Å². The van der Waals surface area contributed by atoms with E-state index in [1.54, 1.807) is 32.0 Å². The number of hydrogen-bond acceptors (Lipinski definition) is 3. The largest absolute Gasteiger partial charge is 0.389 e. The summed E-state index contributed by atoms with van der Waals surface area (Å²) in [6.07, 6.45) is 4.59. The Morgan fingerprint density at radius 2 is 2.39 bits per heavy atom. The number of carbonyl (C=O) groups excluding carboxylic acids is 1. The average Bonchev–Trinajstić information content (AvgIpc) is 2.73. The summed E-state index contributed by atoms with van der Waals surface area (Å²) < 4.78 is 0. The second kappa shape index (κ2) is 4.72. The lowest BCUT2D eigenvalue weighted by Gasteiger charge is -2.30. The van der Waals surface area contributed by atoms with Gasteiger partial charge in [0.1, 0.15) is 0 Å². The fourth-order valence-corrected chi connectivity index (χ4v) is 2.64. The van der Waals surface area contributed by atoms with E-state index in [9.17, 15) is 9.90 Å². The summed E-state index contributed by atoms with van der Waals surface area (Å²) in [6, 6.07) is 0. The van der Waals surface area contributed by atoms with E-state index >= 15 is 0 Å². The van der Waals surface area contributed by atoms with Crippen LogP contribution in [0.2, 0.25) is 0 Å². The van der Waals surface area contributed by atoms with E-state index in [-0.39, 0.29) is 11.8 Å². The van der Waals surface area contributed by atoms with Crippen LogP contribution >= 0.6 is 0 Å². The maximum absolute atomic E-state index is 12.4. The van der Waals surface area contributed by atoms with Gasteiger partial charge in [0, 0.05) is 24.8 Å². The first-order valence-electron chi connectivity index (χ1n) is 6.38. The molecule has 1 amide bonds. The van der Waals surface area contributed by atoms with Gasteiger partial charge in [0.05, 0.1) is 17.7 Å². The molecule has 0 radical (unpaired) electrons. The van der Waals surface area contributed by atoms with Crippen LogP contribution in [-0.4, -0.2) is 45.3 Å². The van der Waals surface area contributed by atoms with Crippen LogP contribution in [0.1, 0.15) is 43.9 Å².